The van der Waals surface area contributed by atoms with Crippen molar-refractivity contribution in [3.63, 3.8) is 0 Å². The Bertz CT molecular complexity index is 497. The van der Waals surface area contributed by atoms with Gasteiger partial charge in [-0.15, -0.1) is 0 Å². The van der Waals surface area contributed by atoms with Crippen LogP contribution in [-0.4, -0.2) is 29.3 Å². The molecule has 2 aliphatic rings. The molecule has 1 aliphatic heterocycles. The van der Waals surface area contributed by atoms with Crippen LogP contribution in [-0.2, 0) is 20.2 Å². The van der Waals surface area contributed by atoms with E-state index in [-0.39, 0.29) is 0 Å². The molecule has 1 atom stereocenters. The Morgan fingerprint density at radius 3 is 2.57 bits per heavy atom. The fraction of sp³-hybridized carbons (Fsp3) is 0.625. The van der Waals surface area contributed by atoms with Crippen molar-refractivity contribution in [1.82, 2.24) is 0 Å². The van der Waals surface area contributed by atoms with Gasteiger partial charge in [-0.3, -0.25) is 0 Å². The highest BCUT2D eigenvalue weighted by atomic mass is 28.3. The molecule has 1 fully saturated rings. The molecule has 1 unspecified atom stereocenters. The summed E-state index contributed by atoms with van der Waals surface area (Å²) in [6.07, 6.45) is 4.97. The Balaban J connectivity index is 1.81. The second-order valence-corrected chi connectivity index (χ2v) is 8.33. The molecule has 0 saturated heterocycles. The Morgan fingerprint density at radius 2 is 1.90 bits per heavy atom. The summed E-state index contributed by atoms with van der Waals surface area (Å²) in [6.45, 7) is 2.69. The number of hydrogen-bond donors (Lipinski definition) is 0. The third-order valence-corrected chi connectivity index (χ3v) is 6.47. The van der Waals surface area contributed by atoms with Gasteiger partial charge in [-0.2, -0.15) is 0 Å². The molecule has 1 aromatic carbocycles. The Hall–Kier alpha value is -0.883. The van der Waals surface area contributed by atoms with E-state index in [4.69, 9.17) is 18.3 Å². The topological polar surface area (TPSA) is 36.9 Å². The molecule has 1 saturated carbocycles. The standard InChI is InChI=1S/C16H24O4Si/c1-16(13-6-4-5-7-13)19-11-12-10-14(21(17-2)18-3)8-9-15(12)20-16/h8-10,13,21H,4-7,11H2,1-3H3. The van der Waals surface area contributed by atoms with E-state index in [0.29, 0.717) is 12.5 Å². The quantitative estimate of drug-likeness (QED) is 0.799. The first-order valence-electron chi connectivity index (χ1n) is 7.67. The summed E-state index contributed by atoms with van der Waals surface area (Å²) < 4.78 is 23.2. The molecule has 0 aromatic heterocycles. The van der Waals surface area contributed by atoms with Gasteiger partial charge in [0.2, 0.25) is 5.79 Å². The molecule has 1 heterocycles. The average molecular weight is 308 g/mol. The lowest BCUT2D eigenvalue weighted by atomic mass is 9.97. The number of rotatable bonds is 4. The van der Waals surface area contributed by atoms with Crippen LogP contribution < -0.4 is 9.92 Å². The molecule has 3 rings (SSSR count). The van der Waals surface area contributed by atoms with Crippen LogP contribution in [0.2, 0.25) is 0 Å². The largest absolute Gasteiger partial charge is 0.462 e. The number of ether oxygens (including phenoxy) is 2. The Kier molecular flexibility index (Phi) is 4.35. The van der Waals surface area contributed by atoms with E-state index in [1.807, 2.05) is 6.07 Å². The molecule has 0 amide bonds. The van der Waals surface area contributed by atoms with Gasteiger partial charge < -0.3 is 18.3 Å². The Morgan fingerprint density at radius 1 is 1.19 bits per heavy atom. The van der Waals surface area contributed by atoms with E-state index in [1.54, 1.807) is 14.2 Å². The van der Waals surface area contributed by atoms with E-state index in [0.717, 1.165) is 16.5 Å². The highest BCUT2D eigenvalue weighted by Gasteiger charge is 2.42. The van der Waals surface area contributed by atoms with Gasteiger partial charge in [0, 0.05) is 32.6 Å². The molecule has 1 aromatic rings. The normalized spacial score (nSPS) is 25.9. The molecule has 0 spiro atoms. The second kappa shape index (κ2) is 6.08. The van der Waals surface area contributed by atoms with Crippen LogP contribution >= 0.6 is 0 Å². The average Bonchev–Trinajstić information content (AvgIpc) is 3.04. The van der Waals surface area contributed by atoms with Crippen LogP contribution in [0.4, 0.5) is 0 Å². The lowest BCUT2D eigenvalue weighted by Gasteiger charge is -2.40. The van der Waals surface area contributed by atoms with Gasteiger partial charge in [-0.05, 0) is 30.2 Å². The highest BCUT2D eigenvalue weighted by molar-refractivity contribution is 6.61. The number of hydrogen-bond acceptors (Lipinski definition) is 4. The first kappa shape index (κ1) is 15.0. The van der Waals surface area contributed by atoms with Gasteiger partial charge in [0.15, 0.2) is 0 Å². The molecule has 0 bridgehead atoms. The molecule has 21 heavy (non-hydrogen) atoms. The van der Waals surface area contributed by atoms with Crippen LogP contribution in [0.15, 0.2) is 18.2 Å². The predicted octanol–water partition coefficient (Wildman–Crippen LogP) is 2.22. The lowest BCUT2D eigenvalue weighted by molar-refractivity contribution is -0.224. The van der Waals surface area contributed by atoms with E-state index in [1.165, 1.54) is 25.7 Å². The Labute approximate surface area is 128 Å². The van der Waals surface area contributed by atoms with Gasteiger partial charge in [0.1, 0.15) is 5.75 Å². The smallest absolute Gasteiger partial charge is 0.355 e. The van der Waals surface area contributed by atoms with E-state index in [9.17, 15) is 0 Å². The van der Waals surface area contributed by atoms with Gasteiger partial charge in [-0.25, -0.2) is 0 Å². The van der Waals surface area contributed by atoms with Crippen LogP contribution in [0.25, 0.3) is 0 Å². The molecule has 116 valence electrons. The fourth-order valence-corrected chi connectivity index (χ4v) is 4.77. The maximum atomic E-state index is 6.22. The van der Waals surface area contributed by atoms with Crippen LogP contribution in [0.1, 0.15) is 38.2 Å². The third kappa shape index (κ3) is 2.88. The number of benzene rings is 1. The maximum Gasteiger partial charge on any atom is 0.355 e. The summed E-state index contributed by atoms with van der Waals surface area (Å²) in [5, 5.41) is 1.12. The molecule has 1 aliphatic carbocycles. The third-order valence-electron chi connectivity index (χ3n) is 4.71. The first-order chi connectivity index (χ1) is 10.2. The zero-order valence-electron chi connectivity index (χ0n) is 13.1. The molecule has 0 radical (unpaired) electrons. The summed E-state index contributed by atoms with van der Waals surface area (Å²) in [6, 6.07) is 6.20. The van der Waals surface area contributed by atoms with Crippen molar-refractivity contribution in [2.45, 2.75) is 45.0 Å². The maximum absolute atomic E-state index is 6.22. The minimum atomic E-state index is -1.77. The first-order valence-corrected chi connectivity index (χ1v) is 9.19. The SMILES string of the molecule is CO[SiH](OC)c1ccc2c(c1)COC(C)(C1CCCC1)O2. The summed E-state index contributed by atoms with van der Waals surface area (Å²) in [7, 11) is 1.63. The van der Waals surface area contributed by atoms with Crippen molar-refractivity contribution in [3.05, 3.63) is 23.8 Å². The molecule has 0 N–H and O–H groups in total. The van der Waals surface area contributed by atoms with E-state index < -0.39 is 15.1 Å². The summed E-state index contributed by atoms with van der Waals surface area (Å²) in [5.41, 5.74) is 1.09. The van der Waals surface area contributed by atoms with Crippen molar-refractivity contribution in [1.29, 1.82) is 0 Å². The van der Waals surface area contributed by atoms with Gasteiger partial charge in [-0.1, -0.05) is 18.9 Å². The highest BCUT2D eigenvalue weighted by Crippen LogP contribution is 2.41. The van der Waals surface area contributed by atoms with Crippen molar-refractivity contribution in [2.75, 3.05) is 14.2 Å². The molecular weight excluding hydrogens is 284 g/mol. The van der Waals surface area contributed by atoms with Crippen molar-refractivity contribution in [3.8, 4) is 5.75 Å². The summed E-state index contributed by atoms with van der Waals surface area (Å²) >= 11 is 0. The van der Waals surface area contributed by atoms with Crippen LogP contribution in [0.5, 0.6) is 5.75 Å². The minimum absolute atomic E-state index is 0.468. The predicted molar refractivity (Wildman–Crippen MR) is 83.0 cm³/mol. The van der Waals surface area contributed by atoms with E-state index in [2.05, 4.69) is 19.1 Å². The zero-order valence-corrected chi connectivity index (χ0v) is 14.2. The minimum Gasteiger partial charge on any atom is -0.462 e. The monoisotopic (exact) mass is 308 g/mol. The van der Waals surface area contributed by atoms with E-state index >= 15 is 0 Å². The molecule has 4 nitrogen and oxygen atoms in total. The second-order valence-electron chi connectivity index (χ2n) is 6.06. The number of fused-ring (bicyclic) bond motifs is 1. The van der Waals surface area contributed by atoms with Gasteiger partial charge in [0.25, 0.3) is 0 Å². The van der Waals surface area contributed by atoms with Crippen LogP contribution in [0.3, 0.4) is 0 Å². The summed E-state index contributed by atoms with van der Waals surface area (Å²) in [5.74, 6) is 0.981. The van der Waals surface area contributed by atoms with Gasteiger partial charge >= 0.3 is 9.28 Å². The van der Waals surface area contributed by atoms with Gasteiger partial charge in [0.05, 0.1) is 6.61 Å². The summed E-state index contributed by atoms with van der Waals surface area (Å²) in [4.78, 5) is 0. The lowest BCUT2D eigenvalue weighted by Crippen LogP contribution is -2.45. The van der Waals surface area contributed by atoms with Crippen molar-refractivity contribution < 1.29 is 18.3 Å². The zero-order chi connectivity index (χ0) is 14.9. The fourth-order valence-electron chi connectivity index (χ4n) is 3.45. The molecular formula is C16H24O4Si. The van der Waals surface area contributed by atoms with Crippen molar-refractivity contribution in [2.24, 2.45) is 5.92 Å². The van der Waals surface area contributed by atoms with Crippen molar-refractivity contribution >= 4 is 14.5 Å². The molecule has 5 heteroatoms. The van der Waals surface area contributed by atoms with Crippen LogP contribution in [0, 0.1) is 5.92 Å².